The fraction of sp³-hybridized carbons (Fsp3) is 0.300. The van der Waals surface area contributed by atoms with Gasteiger partial charge in [0, 0.05) is 29.7 Å². The summed E-state index contributed by atoms with van der Waals surface area (Å²) in [6.45, 7) is 0.980. The third-order valence-electron chi connectivity index (χ3n) is 2.65. The van der Waals surface area contributed by atoms with Gasteiger partial charge in [0.05, 0.1) is 28.6 Å². The molecule has 0 aliphatic carbocycles. The van der Waals surface area contributed by atoms with Crippen LogP contribution in [0, 0.1) is 0 Å². The third kappa shape index (κ3) is 1.52. The van der Waals surface area contributed by atoms with Crippen LogP contribution in [0.1, 0.15) is 11.7 Å². The highest BCUT2D eigenvalue weighted by Gasteiger charge is 2.24. The van der Waals surface area contributed by atoms with Crippen molar-refractivity contribution in [3.63, 3.8) is 0 Å². The van der Waals surface area contributed by atoms with Gasteiger partial charge in [-0.3, -0.25) is 0 Å². The van der Waals surface area contributed by atoms with Crippen molar-refractivity contribution in [2.75, 3.05) is 23.8 Å². The number of thiophene rings is 1. The van der Waals surface area contributed by atoms with Crippen LogP contribution in [0.4, 0.5) is 11.4 Å². The van der Waals surface area contributed by atoms with E-state index in [4.69, 9.17) is 0 Å². The highest BCUT2D eigenvalue weighted by Crippen LogP contribution is 2.37. The standard InChI is InChI=1S/C10H11N3S2/c1-13-2-7(8-3-15-6-11-8)12-9-4-14-5-10(9)13/h3-7,12H,2H2,1H3. The monoisotopic (exact) mass is 237 g/mol. The van der Waals surface area contributed by atoms with E-state index in [1.807, 2.05) is 5.51 Å². The predicted octanol–water partition coefficient (Wildman–Crippen LogP) is 2.81. The van der Waals surface area contributed by atoms with E-state index in [0.717, 1.165) is 12.2 Å². The Kier molecular flexibility index (Phi) is 2.14. The molecule has 0 fully saturated rings. The molecule has 0 saturated carbocycles. The second kappa shape index (κ2) is 3.50. The number of anilines is 2. The summed E-state index contributed by atoms with van der Waals surface area (Å²) in [6.07, 6.45) is 0. The molecule has 78 valence electrons. The lowest BCUT2D eigenvalue weighted by atomic mass is 10.1. The summed E-state index contributed by atoms with van der Waals surface area (Å²) in [4.78, 5) is 6.65. The Hall–Kier alpha value is -1.07. The maximum absolute atomic E-state index is 4.36. The lowest BCUT2D eigenvalue weighted by Crippen LogP contribution is -2.33. The molecule has 3 heterocycles. The second-order valence-corrected chi connectivity index (χ2v) is 5.12. The maximum atomic E-state index is 4.36. The lowest BCUT2D eigenvalue weighted by Gasteiger charge is -2.32. The Balaban J connectivity index is 1.93. The number of fused-ring (bicyclic) bond motifs is 1. The Bertz CT molecular complexity index is 449. The number of rotatable bonds is 1. The van der Waals surface area contributed by atoms with Crippen LogP contribution in [0.2, 0.25) is 0 Å². The molecule has 0 bridgehead atoms. The summed E-state index contributed by atoms with van der Waals surface area (Å²) in [5, 5.41) is 9.97. The van der Waals surface area contributed by atoms with Crippen molar-refractivity contribution in [1.29, 1.82) is 0 Å². The molecule has 1 aliphatic heterocycles. The van der Waals surface area contributed by atoms with E-state index in [9.17, 15) is 0 Å². The molecular weight excluding hydrogens is 226 g/mol. The Morgan fingerprint density at radius 3 is 3.13 bits per heavy atom. The van der Waals surface area contributed by atoms with Crippen molar-refractivity contribution in [2.45, 2.75) is 6.04 Å². The molecule has 1 N–H and O–H groups in total. The van der Waals surface area contributed by atoms with Crippen molar-refractivity contribution in [1.82, 2.24) is 4.98 Å². The molecule has 1 unspecified atom stereocenters. The zero-order valence-corrected chi connectivity index (χ0v) is 9.94. The molecule has 0 saturated heterocycles. The van der Waals surface area contributed by atoms with Crippen molar-refractivity contribution in [3.05, 3.63) is 27.3 Å². The van der Waals surface area contributed by atoms with Crippen LogP contribution in [0.25, 0.3) is 0 Å². The molecule has 3 rings (SSSR count). The van der Waals surface area contributed by atoms with Gasteiger partial charge < -0.3 is 10.2 Å². The van der Waals surface area contributed by atoms with Crippen molar-refractivity contribution < 1.29 is 0 Å². The van der Waals surface area contributed by atoms with E-state index in [0.29, 0.717) is 6.04 Å². The average Bonchev–Trinajstić information content (AvgIpc) is 2.88. The van der Waals surface area contributed by atoms with Crippen molar-refractivity contribution in [3.8, 4) is 0 Å². The first-order chi connectivity index (χ1) is 7.34. The largest absolute Gasteiger partial charge is 0.373 e. The molecule has 5 heteroatoms. The number of hydrogen-bond donors (Lipinski definition) is 1. The molecule has 15 heavy (non-hydrogen) atoms. The molecule has 0 spiro atoms. The average molecular weight is 237 g/mol. The molecule has 1 atom stereocenters. The predicted molar refractivity (Wildman–Crippen MR) is 66.1 cm³/mol. The first-order valence-corrected chi connectivity index (χ1v) is 6.65. The van der Waals surface area contributed by atoms with Gasteiger partial charge in [-0.25, -0.2) is 4.98 Å². The molecule has 0 radical (unpaired) electrons. The number of thiazole rings is 1. The van der Waals surface area contributed by atoms with Gasteiger partial charge in [0.1, 0.15) is 0 Å². The highest BCUT2D eigenvalue weighted by molar-refractivity contribution is 7.09. The zero-order chi connectivity index (χ0) is 10.3. The van der Waals surface area contributed by atoms with Gasteiger partial charge in [-0.2, -0.15) is 0 Å². The molecule has 1 aliphatic rings. The molecule has 2 aromatic heterocycles. The van der Waals surface area contributed by atoms with Crippen molar-refractivity contribution in [2.24, 2.45) is 0 Å². The van der Waals surface area contributed by atoms with Gasteiger partial charge in [0.15, 0.2) is 0 Å². The van der Waals surface area contributed by atoms with Crippen LogP contribution in [0.3, 0.4) is 0 Å². The first-order valence-electron chi connectivity index (χ1n) is 4.76. The van der Waals surface area contributed by atoms with Crippen molar-refractivity contribution >= 4 is 34.0 Å². The van der Waals surface area contributed by atoms with E-state index in [1.54, 1.807) is 22.7 Å². The van der Waals surface area contributed by atoms with E-state index in [-0.39, 0.29) is 0 Å². The summed E-state index contributed by atoms with van der Waals surface area (Å²) in [5.74, 6) is 0. The van der Waals surface area contributed by atoms with Gasteiger partial charge in [-0.1, -0.05) is 0 Å². The van der Waals surface area contributed by atoms with E-state index >= 15 is 0 Å². The number of likely N-dealkylation sites (N-methyl/N-ethyl adjacent to an activating group) is 1. The minimum Gasteiger partial charge on any atom is -0.373 e. The molecule has 0 aromatic carbocycles. The number of nitrogens with one attached hydrogen (secondary N) is 1. The minimum atomic E-state index is 0.323. The zero-order valence-electron chi connectivity index (χ0n) is 8.30. The highest BCUT2D eigenvalue weighted by atomic mass is 32.1. The summed E-state index contributed by atoms with van der Waals surface area (Å²) >= 11 is 3.39. The Labute approximate surface area is 96.4 Å². The third-order valence-corrected chi connectivity index (χ3v) is 3.98. The van der Waals surface area contributed by atoms with Gasteiger partial charge in [-0.05, 0) is 0 Å². The molecule has 3 nitrogen and oxygen atoms in total. The van der Waals surface area contributed by atoms with Crippen LogP contribution >= 0.6 is 22.7 Å². The van der Waals surface area contributed by atoms with Crippen LogP contribution in [0.15, 0.2) is 21.7 Å². The van der Waals surface area contributed by atoms with E-state index in [2.05, 4.69) is 38.4 Å². The Morgan fingerprint density at radius 2 is 2.33 bits per heavy atom. The van der Waals surface area contributed by atoms with Crippen LogP contribution in [-0.4, -0.2) is 18.6 Å². The van der Waals surface area contributed by atoms with Gasteiger partial charge >= 0.3 is 0 Å². The van der Waals surface area contributed by atoms with Crippen LogP contribution < -0.4 is 10.2 Å². The van der Waals surface area contributed by atoms with Gasteiger partial charge in [-0.15, -0.1) is 22.7 Å². The fourth-order valence-electron chi connectivity index (χ4n) is 1.86. The lowest BCUT2D eigenvalue weighted by molar-refractivity contribution is 0.712. The van der Waals surface area contributed by atoms with E-state index in [1.165, 1.54) is 11.4 Å². The minimum absolute atomic E-state index is 0.323. The van der Waals surface area contributed by atoms with E-state index < -0.39 is 0 Å². The topological polar surface area (TPSA) is 28.2 Å². The van der Waals surface area contributed by atoms with Crippen LogP contribution in [0.5, 0.6) is 0 Å². The maximum Gasteiger partial charge on any atom is 0.0870 e. The summed E-state index contributed by atoms with van der Waals surface area (Å²) in [5.41, 5.74) is 5.56. The normalized spacial score (nSPS) is 19.8. The Morgan fingerprint density at radius 1 is 1.40 bits per heavy atom. The quantitative estimate of drug-likeness (QED) is 0.826. The number of nitrogens with zero attached hydrogens (tertiary/aromatic N) is 2. The summed E-state index contributed by atoms with van der Waals surface area (Å²) in [7, 11) is 2.13. The smallest absolute Gasteiger partial charge is 0.0870 e. The molecular formula is C10H11N3S2. The number of hydrogen-bond acceptors (Lipinski definition) is 5. The second-order valence-electron chi connectivity index (χ2n) is 3.66. The van der Waals surface area contributed by atoms with Gasteiger partial charge in [0.25, 0.3) is 0 Å². The number of aromatic nitrogens is 1. The fourth-order valence-corrected chi connectivity index (χ4v) is 3.30. The first kappa shape index (κ1) is 9.18. The van der Waals surface area contributed by atoms with Crippen LogP contribution in [-0.2, 0) is 0 Å². The summed E-state index contributed by atoms with van der Waals surface area (Å²) < 4.78 is 0. The van der Waals surface area contributed by atoms with Gasteiger partial charge in [0.2, 0.25) is 0 Å². The summed E-state index contributed by atoms with van der Waals surface area (Å²) in [6, 6.07) is 0.323. The molecule has 0 amide bonds. The molecule has 2 aromatic rings. The SMILES string of the molecule is CN1CC(c2cscn2)Nc2cscc21.